The summed E-state index contributed by atoms with van der Waals surface area (Å²) < 4.78 is 49.8. The van der Waals surface area contributed by atoms with E-state index in [0.29, 0.717) is 12.1 Å². The molecule has 43 heavy (non-hydrogen) atoms. The number of alkyl carbamates (subject to hydrolysis) is 1. The van der Waals surface area contributed by atoms with Crippen LogP contribution >= 0.6 is 0 Å². The van der Waals surface area contributed by atoms with Crippen molar-refractivity contribution in [2.45, 2.75) is 70.6 Å². The quantitative estimate of drug-likeness (QED) is 0.276. The summed E-state index contributed by atoms with van der Waals surface area (Å²) in [5.41, 5.74) is -1.55. The van der Waals surface area contributed by atoms with Crippen molar-refractivity contribution in [2.24, 2.45) is 5.92 Å². The van der Waals surface area contributed by atoms with Crippen LogP contribution in [0.2, 0.25) is 0 Å². The molecule has 0 saturated heterocycles. The number of pyridine rings is 2. The number of hydrogen-bond donors (Lipinski definition) is 4. The highest BCUT2D eigenvalue weighted by Crippen LogP contribution is 2.39. The Bertz CT molecular complexity index is 1470. The smallest absolute Gasteiger partial charge is 0.407 e. The number of aromatic nitrogens is 2. The molecule has 4 atom stereocenters. The number of carbonyl (C=O) groups excluding carboxylic acids is 2. The predicted molar refractivity (Wildman–Crippen MR) is 153 cm³/mol. The van der Waals surface area contributed by atoms with Gasteiger partial charge in [-0.25, -0.2) is 22.9 Å². The molecule has 1 aromatic carbocycles. The second-order valence-corrected chi connectivity index (χ2v) is 11.9. The molecule has 0 spiro atoms. The van der Waals surface area contributed by atoms with Gasteiger partial charge in [-0.3, -0.25) is 9.78 Å². The minimum Gasteiger partial charge on any atom is -0.444 e. The molecule has 0 bridgehead atoms. The summed E-state index contributed by atoms with van der Waals surface area (Å²) in [6.07, 6.45) is 3.18. The van der Waals surface area contributed by atoms with Crippen LogP contribution in [0.1, 0.15) is 80.6 Å². The number of aliphatic hydroxyl groups is 2. The van der Waals surface area contributed by atoms with Crippen LogP contribution in [0.5, 0.6) is 0 Å². The van der Waals surface area contributed by atoms with E-state index >= 15 is 0 Å². The fraction of sp³-hybridized carbons (Fsp3) is 0.419. The zero-order valence-electron chi connectivity index (χ0n) is 24.3. The van der Waals surface area contributed by atoms with Crippen molar-refractivity contribution in [3.05, 3.63) is 77.0 Å². The molecule has 2 aromatic heterocycles. The van der Waals surface area contributed by atoms with E-state index in [-0.39, 0.29) is 29.1 Å². The van der Waals surface area contributed by atoms with Gasteiger partial charge in [-0.05, 0) is 93.3 Å². The summed E-state index contributed by atoms with van der Waals surface area (Å²) in [6.45, 7) is 6.68. The molecule has 1 aliphatic rings. The summed E-state index contributed by atoms with van der Waals surface area (Å²) in [4.78, 5) is 33.7. The van der Waals surface area contributed by atoms with Crippen molar-refractivity contribution < 1.29 is 37.7 Å². The van der Waals surface area contributed by atoms with Crippen molar-refractivity contribution in [1.82, 2.24) is 15.3 Å². The standard InChI is InChI=1S/C31H35F3N4O5/c1-16-9-17(11-19(10-16)36-30(42)43-31(2,3)4)20-7-8-35-14-25(20)38-29(41)24-6-5-21(32)28(37-24)27-22(33)12-18(13-23(27)34)26(40)15-39/h5-8,12-14,16-17,19,26,39-40H,9-11,15H2,1-4H3,(H,36,42)(H,38,41)/t16-,17?,19?,26+/m0/s1. The summed E-state index contributed by atoms with van der Waals surface area (Å²) in [6, 6.07) is 5.13. The Morgan fingerprint density at radius 3 is 2.42 bits per heavy atom. The van der Waals surface area contributed by atoms with Gasteiger partial charge in [0.05, 0.1) is 24.1 Å². The number of halogens is 3. The van der Waals surface area contributed by atoms with Gasteiger partial charge in [0.15, 0.2) is 0 Å². The fourth-order valence-corrected chi connectivity index (χ4v) is 5.36. The summed E-state index contributed by atoms with van der Waals surface area (Å²) in [5, 5.41) is 24.5. The van der Waals surface area contributed by atoms with E-state index < -0.39 is 59.0 Å². The van der Waals surface area contributed by atoms with E-state index in [1.807, 2.05) is 0 Å². The van der Waals surface area contributed by atoms with Crippen molar-refractivity contribution in [2.75, 3.05) is 11.9 Å². The molecular formula is C31H35F3N4O5. The molecule has 0 radical (unpaired) electrons. The van der Waals surface area contributed by atoms with Gasteiger partial charge >= 0.3 is 6.09 Å². The number of carbonyl (C=O) groups is 2. The number of nitrogens with zero attached hydrogens (tertiary/aromatic N) is 2. The Kier molecular flexibility index (Phi) is 9.71. The van der Waals surface area contributed by atoms with E-state index in [4.69, 9.17) is 9.84 Å². The Balaban J connectivity index is 1.57. The van der Waals surface area contributed by atoms with Crippen LogP contribution in [-0.4, -0.2) is 50.4 Å². The van der Waals surface area contributed by atoms with Crippen LogP contribution in [0, 0.1) is 23.4 Å². The van der Waals surface area contributed by atoms with Crippen molar-refractivity contribution in [3.8, 4) is 11.3 Å². The van der Waals surface area contributed by atoms with Gasteiger partial charge in [-0.2, -0.15) is 0 Å². The van der Waals surface area contributed by atoms with E-state index in [1.165, 1.54) is 6.20 Å². The molecule has 2 amide bonds. The van der Waals surface area contributed by atoms with Crippen LogP contribution < -0.4 is 10.6 Å². The highest BCUT2D eigenvalue weighted by atomic mass is 19.1. The third-order valence-electron chi connectivity index (χ3n) is 7.14. The molecule has 9 nitrogen and oxygen atoms in total. The highest BCUT2D eigenvalue weighted by molar-refractivity contribution is 6.03. The largest absolute Gasteiger partial charge is 0.444 e. The fourth-order valence-electron chi connectivity index (χ4n) is 5.36. The Hall–Kier alpha value is -4.03. The monoisotopic (exact) mass is 600 g/mol. The maximum Gasteiger partial charge on any atom is 0.407 e. The second kappa shape index (κ2) is 13.1. The van der Waals surface area contributed by atoms with E-state index in [2.05, 4.69) is 27.5 Å². The van der Waals surface area contributed by atoms with Gasteiger partial charge in [0.1, 0.15) is 40.5 Å². The van der Waals surface area contributed by atoms with Gasteiger partial charge in [-0.15, -0.1) is 0 Å². The molecule has 2 heterocycles. The molecule has 2 unspecified atom stereocenters. The molecule has 3 aromatic rings. The second-order valence-electron chi connectivity index (χ2n) is 11.9. The van der Waals surface area contributed by atoms with Gasteiger partial charge in [0, 0.05) is 12.2 Å². The first kappa shape index (κ1) is 31.9. The van der Waals surface area contributed by atoms with E-state index in [9.17, 15) is 27.9 Å². The molecule has 4 rings (SSSR count). The number of anilines is 1. The normalized spacial score (nSPS) is 19.4. The van der Waals surface area contributed by atoms with E-state index in [0.717, 1.165) is 42.7 Å². The number of aliphatic hydroxyl groups excluding tert-OH is 2. The Morgan fingerprint density at radius 1 is 1.07 bits per heavy atom. The molecule has 4 N–H and O–H groups in total. The first-order chi connectivity index (χ1) is 20.3. The predicted octanol–water partition coefficient (Wildman–Crippen LogP) is 5.64. The minimum atomic E-state index is -1.53. The number of ether oxygens (including phenoxy) is 1. The lowest BCUT2D eigenvalue weighted by atomic mass is 9.76. The van der Waals surface area contributed by atoms with Crippen molar-refractivity contribution in [1.29, 1.82) is 0 Å². The first-order valence-electron chi connectivity index (χ1n) is 13.9. The van der Waals surface area contributed by atoms with E-state index in [1.54, 1.807) is 33.0 Å². The summed E-state index contributed by atoms with van der Waals surface area (Å²) in [5.74, 6) is -4.05. The minimum absolute atomic E-state index is 0.0466. The van der Waals surface area contributed by atoms with Crippen molar-refractivity contribution in [3.63, 3.8) is 0 Å². The maximum atomic E-state index is 14.9. The van der Waals surface area contributed by atoms with Gasteiger partial charge in [-0.1, -0.05) is 6.92 Å². The Labute approximate surface area is 247 Å². The average molecular weight is 601 g/mol. The van der Waals surface area contributed by atoms with Crippen molar-refractivity contribution >= 4 is 17.7 Å². The SMILES string of the molecule is C[C@@H]1CC(NC(=O)OC(C)(C)C)CC(c2ccncc2NC(=O)c2ccc(F)c(-c3c(F)cc([C@H](O)CO)cc3F)n2)C1. The van der Waals surface area contributed by atoms with Crippen LogP contribution in [0.25, 0.3) is 11.3 Å². The third kappa shape index (κ3) is 7.88. The van der Waals surface area contributed by atoms with Gasteiger partial charge < -0.3 is 25.6 Å². The van der Waals surface area contributed by atoms with Crippen LogP contribution in [0.3, 0.4) is 0 Å². The van der Waals surface area contributed by atoms with Crippen LogP contribution in [0.4, 0.5) is 23.7 Å². The summed E-state index contributed by atoms with van der Waals surface area (Å²) in [7, 11) is 0. The third-order valence-corrected chi connectivity index (χ3v) is 7.14. The number of rotatable bonds is 7. The lowest BCUT2D eigenvalue weighted by Gasteiger charge is -2.35. The van der Waals surface area contributed by atoms with Gasteiger partial charge in [0.2, 0.25) is 0 Å². The molecule has 1 fully saturated rings. The molecular weight excluding hydrogens is 565 g/mol. The van der Waals surface area contributed by atoms with Crippen LogP contribution in [0.15, 0.2) is 42.7 Å². The molecule has 0 aliphatic heterocycles. The topological polar surface area (TPSA) is 134 Å². The Morgan fingerprint density at radius 2 is 1.77 bits per heavy atom. The number of amides is 2. The molecule has 12 heteroatoms. The van der Waals surface area contributed by atoms with Crippen LogP contribution in [-0.2, 0) is 4.74 Å². The molecule has 230 valence electrons. The number of benzene rings is 1. The first-order valence-corrected chi connectivity index (χ1v) is 13.9. The molecule has 1 aliphatic carbocycles. The summed E-state index contributed by atoms with van der Waals surface area (Å²) >= 11 is 0. The number of hydrogen-bond acceptors (Lipinski definition) is 7. The van der Waals surface area contributed by atoms with Gasteiger partial charge in [0.25, 0.3) is 5.91 Å². The lowest BCUT2D eigenvalue weighted by Crippen LogP contribution is -2.42. The highest BCUT2D eigenvalue weighted by Gasteiger charge is 2.31. The zero-order valence-corrected chi connectivity index (χ0v) is 24.3. The zero-order chi connectivity index (χ0) is 31.5. The lowest BCUT2D eigenvalue weighted by molar-refractivity contribution is 0.0482. The average Bonchev–Trinajstić information content (AvgIpc) is 2.92. The maximum absolute atomic E-state index is 14.9. The molecule has 1 saturated carbocycles. The number of nitrogens with one attached hydrogen (secondary N) is 2.